The summed E-state index contributed by atoms with van der Waals surface area (Å²) in [6, 6.07) is 9.82. The second-order valence-corrected chi connectivity index (χ2v) is 8.49. The van der Waals surface area contributed by atoms with Crippen molar-refractivity contribution in [2.75, 3.05) is 26.2 Å². The molecule has 0 unspecified atom stereocenters. The van der Waals surface area contributed by atoms with Crippen LogP contribution in [0.5, 0.6) is 0 Å². The van der Waals surface area contributed by atoms with E-state index in [1.54, 1.807) is 18.2 Å². The summed E-state index contributed by atoms with van der Waals surface area (Å²) in [6.07, 6.45) is 0. The molecular weight excluding hydrogens is 397 g/mol. The molecule has 0 aliphatic carbocycles. The number of halogens is 2. The molecule has 0 spiro atoms. The van der Waals surface area contributed by atoms with Crippen LogP contribution in [0, 0.1) is 15.9 Å². The van der Waals surface area contributed by atoms with Crippen molar-refractivity contribution >= 4 is 27.3 Å². The van der Waals surface area contributed by atoms with E-state index in [1.165, 1.54) is 16.4 Å². The minimum Gasteiger partial charge on any atom is -0.296 e. The molecular formula is C17H17ClFN3O4S. The largest absolute Gasteiger partial charge is 0.296 e. The molecule has 0 radical (unpaired) electrons. The molecule has 3 rings (SSSR count). The highest BCUT2D eigenvalue weighted by atomic mass is 35.5. The predicted molar refractivity (Wildman–Crippen MR) is 98.5 cm³/mol. The zero-order valence-electron chi connectivity index (χ0n) is 14.2. The Morgan fingerprint density at radius 1 is 1.11 bits per heavy atom. The molecule has 0 amide bonds. The monoisotopic (exact) mass is 413 g/mol. The summed E-state index contributed by atoms with van der Waals surface area (Å²) >= 11 is 5.69. The third-order valence-corrected chi connectivity index (χ3v) is 6.63. The lowest BCUT2D eigenvalue weighted by atomic mass is 10.1. The van der Waals surface area contributed by atoms with Gasteiger partial charge in [0.2, 0.25) is 10.0 Å². The fraction of sp³-hybridized carbons (Fsp3) is 0.294. The Labute approximate surface area is 161 Å². The minimum absolute atomic E-state index is 0.0495. The van der Waals surface area contributed by atoms with Crippen molar-refractivity contribution in [3.8, 4) is 0 Å². The molecule has 27 heavy (non-hydrogen) atoms. The van der Waals surface area contributed by atoms with E-state index >= 15 is 0 Å². The van der Waals surface area contributed by atoms with E-state index < -0.39 is 20.8 Å². The van der Waals surface area contributed by atoms with Crippen LogP contribution >= 0.6 is 11.6 Å². The first kappa shape index (κ1) is 19.7. The van der Waals surface area contributed by atoms with E-state index in [4.69, 9.17) is 11.6 Å². The molecule has 1 fully saturated rings. The molecule has 0 saturated carbocycles. The summed E-state index contributed by atoms with van der Waals surface area (Å²) in [5, 5.41) is 10.9. The van der Waals surface area contributed by atoms with Gasteiger partial charge in [0, 0.05) is 44.4 Å². The first-order valence-electron chi connectivity index (χ1n) is 8.19. The second kappa shape index (κ2) is 7.89. The van der Waals surface area contributed by atoms with Gasteiger partial charge in [0.15, 0.2) is 0 Å². The van der Waals surface area contributed by atoms with Crippen LogP contribution in [0.1, 0.15) is 5.56 Å². The van der Waals surface area contributed by atoms with E-state index in [0.717, 1.165) is 12.1 Å². The van der Waals surface area contributed by atoms with Gasteiger partial charge in [0.25, 0.3) is 5.69 Å². The topological polar surface area (TPSA) is 83.8 Å². The van der Waals surface area contributed by atoms with E-state index in [9.17, 15) is 22.9 Å². The lowest BCUT2D eigenvalue weighted by molar-refractivity contribution is -0.385. The van der Waals surface area contributed by atoms with Crippen LogP contribution in [0.4, 0.5) is 10.1 Å². The molecule has 0 atom stereocenters. The molecule has 0 aromatic heterocycles. The highest BCUT2D eigenvalue weighted by Crippen LogP contribution is 2.24. The Balaban J connectivity index is 1.68. The number of benzene rings is 2. The van der Waals surface area contributed by atoms with E-state index in [0.29, 0.717) is 25.2 Å². The Bertz CT molecular complexity index is 962. The SMILES string of the molecule is O=[N+]([O-])c1ccccc1CN1CCN(S(=O)(=O)c2ccc(F)c(Cl)c2)CC1. The standard InChI is InChI=1S/C17H17ClFN3O4S/c18-15-11-14(5-6-16(15)19)27(25,26)21-9-7-20(8-10-21)12-13-3-1-2-4-17(13)22(23)24/h1-6,11H,7-10,12H2. The van der Waals surface area contributed by atoms with Crippen LogP contribution in [0.25, 0.3) is 0 Å². The smallest absolute Gasteiger partial charge is 0.273 e. The molecule has 0 bridgehead atoms. The van der Waals surface area contributed by atoms with Crippen LogP contribution in [0.2, 0.25) is 5.02 Å². The quantitative estimate of drug-likeness (QED) is 0.556. The number of nitro groups is 1. The van der Waals surface area contributed by atoms with Crippen molar-refractivity contribution in [1.82, 2.24) is 9.21 Å². The van der Waals surface area contributed by atoms with Gasteiger partial charge in [-0.2, -0.15) is 4.31 Å². The van der Waals surface area contributed by atoms with Gasteiger partial charge in [-0.3, -0.25) is 15.0 Å². The van der Waals surface area contributed by atoms with Gasteiger partial charge in [0.1, 0.15) is 5.82 Å². The summed E-state index contributed by atoms with van der Waals surface area (Å²) in [4.78, 5) is 12.6. The first-order valence-corrected chi connectivity index (χ1v) is 10.0. The summed E-state index contributed by atoms with van der Waals surface area (Å²) in [5.41, 5.74) is 0.637. The maximum atomic E-state index is 13.3. The normalized spacial score (nSPS) is 16.4. The van der Waals surface area contributed by atoms with Crippen LogP contribution in [-0.2, 0) is 16.6 Å². The van der Waals surface area contributed by atoms with Crippen LogP contribution in [0.15, 0.2) is 47.4 Å². The van der Waals surface area contributed by atoms with Gasteiger partial charge in [-0.25, -0.2) is 12.8 Å². The fourth-order valence-corrected chi connectivity index (χ4v) is 4.67. The molecule has 2 aromatic rings. The summed E-state index contributed by atoms with van der Waals surface area (Å²) in [6.45, 7) is 1.70. The summed E-state index contributed by atoms with van der Waals surface area (Å²) < 4.78 is 40.0. The molecule has 1 heterocycles. The lowest BCUT2D eigenvalue weighted by Gasteiger charge is -2.33. The van der Waals surface area contributed by atoms with E-state index in [-0.39, 0.29) is 28.7 Å². The average Bonchev–Trinajstić information content (AvgIpc) is 2.64. The molecule has 1 aliphatic heterocycles. The van der Waals surface area contributed by atoms with E-state index in [2.05, 4.69) is 0 Å². The highest BCUT2D eigenvalue weighted by Gasteiger charge is 2.29. The predicted octanol–water partition coefficient (Wildman–Crippen LogP) is 2.89. The van der Waals surface area contributed by atoms with E-state index in [1.807, 2.05) is 4.90 Å². The molecule has 144 valence electrons. The van der Waals surface area contributed by atoms with Gasteiger partial charge >= 0.3 is 0 Å². The number of piperazine rings is 1. The number of hydrogen-bond acceptors (Lipinski definition) is 5. The van der Waals surface area contributed by atoms with Crippen LogP contribution in [0.3, 0.4) is 0 Å². The zero-order chi connectivity index (χ0) is 19.6. The van der Waals surface area contributed by atoms with Crippen molar-refractivity contribution < 1.29 is 17.7 Å². The number of nitro benzene ring substituents is 1. The minimum atomic E-state index is -3.77. The number of nitrogens with zero attached hydrogens (tertiary/aromatic N) is 3. The van der Waals surface area contributed by atoms with Crippen molar-refractivity contribution in [2.45, 2.75) is 11.4 Å². The van der Waals surface area contributed by atoms with Gasteiger partial charge in [-0.15, -0.1) is 0 Å². The molecule has 0 N–H and O–H groups in total. The van der Waals surface area contributed by atoms with Gasteiger partial charge in [-0.1, -0.05) is 29.8 Å². The zero-order valence-corrected chi connectivity index (χ0v) is 15.8. The summed E-state index contributed by atoms with van der Waals surface area (Å²) in [7, 11) is -3.77. The van der Waals surface area contributed by atoms with Gasteiger partial charge in [-0.05, 0) is 18.2 Å². The lowest BCUT2D eigenvalue weighted by Crippen LogP contribution is -2.48. The molecule has 1 saturated heterocycles. The summed E-state index contributed by atoms with van der Waals surface area (Å²) in [5.74, 6) is -0.676. The fourth-order valence-electron chi connectivity index (χ4n) is 2.98. The van der Waals surface area contributed by atoms with Crippen molar-refractivity contribution in [3.05, 3.63) is 69.0 Å². The Morgan fingerprint density at radius 3 is 2.41 bits per heavy atom. The number of rotatable bonds is 5. The third kappa shape index (κ3) is 4.27. The van der Waals surface area contributed by atoms with Crippen molar-refractivity contribution in [3.63, 3.8) is 0 Å². The van der Waals surface area contributed by atoms with Crippen LogP contribution < -0.4 is 0 Å². The average molecular weight is 414 g/mol. The van der Waals surface area contributed by atoms with Crippen LogP contribution in [-0.4, -0.2) is 48.7 Å². The maximum Gasteiger partial charge on any atom is 0.273 e. The second-order valence-electron chi connectivity index (χ2n) is 6.14. The first-order chi connectivity index (χ1) is 12.8. The molecule has 10 heteroatoms. The van der Waals surface area contributed by atoms with Crippen molar-refractivity contribution in [1.29, 1.82) is 0 Å². The highest BCUT2D eigenvalue weighted by molar-refractivity contribution is 7.89. The van der Waals surface area contributed by atoms with Gasteiger partial charge < -0.3 is 0 Å². The van der Waals surface area contributed by atoms with Gasteiger partial charge in [0.05, 0.1) is 14.8 Å². The number of para-hydroxylation sites is 1. The third-order valence-electron chi connectivity index (χ3n) is 4.44. The molecule has 1 aliphatic rings. The van der Waals surface area contributed by atoms with Crippen molar-refractivity contribution in [2.24, 2.45) is 0 Å². The Morgan fingerprint density at radius 2 is 1.78 bits per heavy atom. The molecule has 2 aromatic carbocycles. The maximum absolute atomic E-state index is 13.3. The number of hydrogen-bond donors (Lipinski definition) is 0. The Hall–Kier alpha value is -2.07. The number of sulfonamides is 1. The Kier molecular flexibility index (Phi) is 5.75. The molecule has 7 nitrogen and oxygen atoms in total.